The molecule has 2 aliphatic heterocycles. The van der Waals surface area contributed by atoms with Crippen LogP contribution in [0.3, 0.4) is 0 Å². The maximum absolute atomic E-state index is 13.1. The van der Waals surface area contributed by atoms with Crippen LogP contribution >= 0.6 is 11.6 Å². The van der Waals surface area contributed by atoms with E-state index in [0.29, 0.717) is 48.3 Å². The van der Waals surface area contributed by atoms with Gasteiger partial charge in [0, 0.05) is 49.5 Å². The smallest absolute Gasteiger partial charge is 0.255 e. The number of rotatable bonds is 4. The Morgan fingerprint density at radius 1 is 0.976 bits per heavy atom. The van der Waals surface area contributed by atoms with E-state index in [1.165, 1.54) is 0 Å². The highest BCUT2D eigenvalue weighted by atomic mass is 35.5. The maximum atomic E-state index is 13.1. The zero-order valence-corrected chi connectivity index (χ0v) is 23.1. The summed E-state index contributed by atoms with van der Waals surface area (Å²) in [6, 6.07) is 11.4. The van der Waals surface area contributed by atoms with Crippen LogP contribution in [-0.4, -0.2) is 49.7 Å². The second kappa shape index (κ2) is 11.9. The molecule has 4 aromatic rings. The fourth-order valence-corrected chi connectivity index (χ4v) is 5.37. The number of aryl methyl sites for hydroxylation is 2. The van der Waals surface area contributed by atoms with E-state index >= 15 is 0 Å². The average Bonchev–Trinajstić information content (AvgIpc) is 2.99. The molecule has 1 fully saturated rings. The van der Waals surface area contributed by atoms with E-state index in [4.69, 9.17) is 11.6 Å². The lowest BCUT2D eigenvalue weighted by Gasteiger charge is -2.31. The molecule has 6 rings (SSSR count). The fourth-order valence-electron chi connectivity index (χ4n) is 5.23. The van der Waals surface area contributed by atoms with E-state index in [9.17, 15) is 9.59 Å². The lowest BCUT2D eigenvalue weighted by atomic mass is 9.92. The summed E-state index contributed by atoms with van der Waals surface area (Å²) in [5.74, 6) is 1.06. The molecule has 0 radical (unpaired) electrons. The van der Waals surface area contributed by atoms with Crippen LogP contribution in [0.15, 0.2) is 67.4 Å². The van der Waals surface area contributed by atoms with E-state index < -0.39 is 0 Å². The van der Waals surface area contributed by atoms with E-state index in [1.54, 1.807) is 36.9 Å². The number of nitrogens with zero attached hydrogens (tertiary/aromatic N) is 5. The second-order valence-electron chi connectivity index (χ2n) is 10.3. The van der Waals surface area contributed by atoms with Crippen molar-refractivity contribution in [1.29, 1.82) is 0 Å². The first-order chi connectivity index (χ1) is 20.0. The Morgan fingerprint density at radius 3 is 2.68 bits per heavy atom. The van der Waals surface area contributed by atoms with Gasteiger partial charge in [0.1, 0.15) is 5.02 Å². The number of pyridine rings is 2. The molecule has 0 saturated carbocycles. The minimum absolute atomic E-state index is 0.00861. The molecular formula is C30H29ClN8O2. The highest BCUT2D eigenvalue weighted by molar-refractivity contribution is 6.32. The van der Waals surface area contributed by atoms with Crippen LogP contribution in [0.5, 0.6) is 0 Å². The third-order valence-corrected chi connectivity index (χ3v) is 7.68. The number of halogens is 1. The summed E-state index contributed by atoms with van der Waals surface area (Å²) in [4.78, 5) is 44.9. The summed E-state index contributed by atoms with van der Waals surface area (Å²) < 4.78 is 0. The number of likely N-dealkylation sites (tertiary alicyclic amines) is 1. The zero-order chi connectivity index (χ0) is 28.2. The number of benzene rings is 1. The number of nitrogens with one attached hydrogen (secondary N) is 3. The normalized spacial score (nSPS) is 14.9. The SMILES string of the molecule is O=C(CC1CCN(C(=O)c2cccnc2)CC1)Nc1ccc2cc1CCc1cncc(c1)Nc1ncc(Cl)c(n1)N2. The van der Waals surface area contributed by atoms with E-state index in [0.717, 1.165) is 47.5 Å². The number of hydrogen-bond donors (Lipinski definition) is 3. The molecule has 0 unspecified atom stereocenters. The van der Waals surface area contributed by atoms with Gasteiger partial charge >= 0.3 is 0 Å². The predicted molar refractivity (Wildman–Crippen MR) is 158 cm³/mol. The average molecular weight is 569 g/mol. The van der Waals surface area contributed by atoms with Crippen molar-refractivity contribution in [3.63, 3.8) is 0 Å². The molecular weight excluding hydrogens is 540 g/mol. The number of fused-ring (bicyclic) bond motifs is 6. The molecule has 1 saturated heterocycles. The standard InChI is InChI=1S/C30H29ClN8O2/c31-25-18-34-30-36-24-12-20(15-33-17-24)3-4-21-14-23(35-28(25)38-30)5-6-26(21)37-27(40)13-19-7-10-39(11-8-19)29(41)22-2-1-9-32-16-22/h1-2,5-6,9,12,14-19H,3-4,7-8,10-11,13H2,(H,37,40)(H2,34,35,36,38). The van der Waals surface area contributed by atoms with E-state index in [1.807, 2.05) is 35.4 Å². The maximum Gasteiger partial charge on any atom is 0.255 e. The van der Waals surface area contributed by atoms with Crippen molar-refractivity contribution in [2.24, 2.45) is 5.92 Å². The molecule has 10 nitrogen and oxygen atoms in total. The number of amides is 2. The highest BCUT2D eigenvalue weighted by Crippen LogP contribution is 2.30. The molecule has 41 heavy (non-hydrogen) atoms. The van der Waals surface area contributed by atoms with Gasteiger partial charge in [-0.15, -0.1) is 0 Å². The van der Waals surface area contributed by atoms with Gasteiger partial charge in [-0.3, -0.25) is 19.6 Å². The highest BCUT2D eigenvalue weighted by Gasteiger charge is 2.25. The first-order valence-corrected chi connectivity index (χ1v) is 14.0. The summed E-state index contributed by atoms with van der Waals surface area (Å²) in [5, 5.41) is 10.0. The van der Waals surface area contributed by atoms with Gasteiger partial charge in [-0.2, -0.15) is 4.98 Å². The number of carbonyl (C=O) groups is 2. The van der Waals surface area contributed by atoms with Gasteiger partial charge in [-0.1, -0.05) is 11.6 Å². The zero-order valence-electron chi connectivity index (χ0n) is 22.3. The first kappa shape index (κ1) is 26.6. The number of piperidine rings is 1. The molecule has 5 heterocycles. The van der Waals surface area contributed by atoms with E-state index in [-0.39, 0.29) is 17.7 Å². The van der Waals surface area contributed by atoms with Crippen molar-refractivity contribution < 1.29 is 9.59 Å². The minimum Gasteiger partial charge on any atom is -0.339 e. The largest absolute Gasteiger partial charge is 0.339 e. The molecule has 0 atom stereocenters. The predicted octanol–water partition coefficient (Wildman–Crippen LogP) is 5.39. The number of hydrogen-bond acceptors (Lipinski definition) is 8. The molecule has 11 heteroatoms. The summed E-state index contributed by atoms with van der Waals surface area (Å²) in [5.41, 5.74) is 4.99. The van der Waals surface area contributed by atoms with Gasteiger partial charge in [0.05, 0.1) is 23.6 Å². The van der Waals surface area contributed by atoms with Crippen LogP contribution in [0.4, 0.5) is 28.8 Å². The second-order valence-corrected chi connectivity index (χ2v) is 10.7. The van der Waals surface area contributed by atoms with Gasteiger partial charge in [0.25, 0.3) is 5.91 Å². The summed E-state index contributed by atoms with van der Waals surface area (Å²) in [7, 11) is 0. The lowest BCUT2D eigenvalue weighted by Crippen LogP contribution is -2.39. The topological polar surface area (TPSA) is 125 Å². The Kier molecular flexibility index (Phi) is 7.73. The van der Waals surface area contributed by atoms with Crippen LogP contribution < -0.4 is 16.0 Å². The van der Waals surface area contributed by atoms with Crippen LogP contribution in [-0.2, 0) is 17.6 Å². The Balaban J connectivity index is 1.14. The fraction of sp³-hybridized carbons (Fsp3) is 0.267. The lowest BCUT2D eigenvalue weighted by molar-refractivity contribution is -0.117. The Bertz CT molecular complexity index is 1570. The van der Waals surface area contributed by atoms with Crippen molar-refractivity contribution in [2.75, 3.05) is 29.0 Å². The molecule has 2 amide bonds. The number of carbonyl (C=O) groups excluding carboxylic acids is 2. The third kappa shape index (κ3) is 6.44. The molecule has 0 spiro atoms. The minimum atomic E-state index is -0.0294. The molecule has 3 aromatic heterocycles. The van der Waals surface area contributed by atoms with E-state index in [2.05, 4.69) is 35.9 Å². The van der Waals surface area contributed by atoms with Crippen LogP contribution in [0.25, 0.3) is 0 Å². The van der Waals surface area contributed by atoms with Gasteiger partial charge in [0.2, 0.25) is 11.9 Å². The third-order valence-electron chi connectivity index (χ3n) is 7.40. The van der Waals surface area contributed by atoms with Crippen molar-refractivity contribution in [1.82, 2.24) is 24.8 Å². The Morgan fingerprint density at radius 2 is 1.85 bits per heavy atom. The molecule has 3 N–H and O–H groups in total. The molecule has 208 valence electrons. The Labute approximate surface area is 242 Å². The monoisotopic (exact) mass is 568 g/mol. The van der Waals surface area contributed by atoms with Crippen molar-refractivity contribution in [3.8, 4) is 0 Å². The van der Waals surface area contributed by atoms with Crippen LogP contribution in [0, 0.1) is 5.92 Å². The number of anilines is 5. The van der Waals surface area contributed by atoms with Gasteiger partial charge in [-0.05, 0) is 79.1 Å². The summed E-state index contributed by atoms with van der Waals surface area (Å²) in [6.07, 6.45) is 11.8. The Hall–Kier alpha value is -4.57. The molecule has 2 aliphatic rings. The van der Waals surface area contributed by atoms with Crippen molar-refractivity contribution in [3.05, 3.63) is 89.1 Å². The quantitative estimate of drug-likeness (QED) is 0.299. The van der Waals surface area contributed by atoms with Crippen LogP contribution in [0.2, 0.25) is 5.02 Å². The van der Waals surface area contributed by atoms with Gasteiger partial charge in [-0.25, -0.2) is 4.98 Å². The van der Waals surface area contributed by atoms with Crippen molar-refractivity contribution in [2.45, 2.75) is 32.1 Å². The van der Waals surface area contributed by atoms with Crippen molar-refractivity contribution >= 4 is 52.2 Å². The van der Waals surface area contributed by atoms with Crippen LogP contribution in [0.1, 0.15) is 40.7 Å². The number of aromatic nitrogens is 4. The van der Waals surface area contributed by atoms with Gasteiger partial charge in [0.15, 0.2) is 5.82 Å². The molecule has 6 bridgehead atoms. The molecule has 0 aliphatic carbocycles. The molecule has 1 aromatic carbocycles. The first-order valence-electron chi connectivity index (χ1n) is 13.6. The summed E-state index contributed by atoms with van der Waals surface area (Å²) in [6.45, 7) is 1.26. The van der Waals surface area contributed by atoms with Gasteiger partial charge < -0.3 is 20.9 Å². The summed E-state index contributed by atoms with van der Waals surface area (Å²) >= 11 is 6.37.